The molecule has 3 unspecified atom stereocenters. The highest BCUT2D eigenvalue weighted by Crippen LogP contribution is 2.35. The first-order chi connectivity index (χ1) is 16.8. The van der Waals surface area contributed by atoms with E-state index in [1.54, 1.807) is 13.8 Å². The van der Waals surface area contributed by atoms with Crippen LogP contribution in [0.5, 0.6) is 0 Å². The zero-order chi connectivity index (χ0) is 25.4. The number of nitrogens with zero attached hydrogens (tertiary/aromatic N) is 1. The van der Waals surface area contributed by atoms with Crippen LogP contribution in [0.25, 0.3) is 0 Å². The maximum Gasteiger partial charge on any atom is 0.328 e. The number of rotatable bonds is 10. The van der Waals surface area contributed by atoms with Gasteiger partial charge in [-0.15, -0.1) is 0 Å². The Bertz CT molecular complexity index is 986. The Kier molecular flexibility index (Phi) is 9.25. The smallest absolute Gasteiger partial charge is 0.328 e. The predicted molar refractivity (Wildman–Crippen MR) is 138 cm³/mol. The molecule has 3 atom stereocenters. The van der Waals surface area contributed by atoms with Crippen LogP contribution in [-0.2, 0) is 19.1 Å². The molecule has 0 N–H and O–H groups in total. The van der Waals surface area contributed by atoms with Crippen LogP contribution < -0.4 is 0 Å². The summed E-state index contributed by atoms with van der Waals surface area (Å²) in [6, 6.07) is 20.0. The zero-order valence-electron chi connectivity index (χ0n) is 21.5. The molecule has 35 heavy (non-hydrogen) atoms. The molecule has 3 rings (SSSR count). The number of hydrogen-bond donors (Lipinski definition) is 0. The Morgan fingerprint density at radius 3 is 2.17 bits per heavy atom. The maximum absolute atomic E-state index is 13.1. The Morgan fingerprint density at radius 1 is 0.971 bits per heavy atom. The third-order valence-corrected chi connectivity index (χ3v) is 7.56. The molecule has 5 heteroatoms. The van der Waals surface area contributed by atoms with Crippen molar-refractivity contribution in [3.63, 3.8) is 0 Å². The number of ketones is 1. The molecule has 1 aliphatic rings. The molecule has 0 saturated carbocycles. The van der Waals surface area contributed by atoms with Crippen molar-refractivity contribution < 1.29 is 19.1 Å². The molecule has 1 amide bonds. The lowest BCUT2D eigenvalue weighted by molar-refractivity contribution is -0.161. The quantitative estimate of drug-likeness (QED) is 0.316. The topological polar surface area (TPSA) is 63.7 Å². The van der Waals surface area contributed by atoms with E-state index in [9.17, 15) is 14.4 Å². The fourth-order valence-electron chi connectivity index (χ4n) is 4.78. The third-order valence-electron chi connectivity index (χ3n) is 7.56. The van der Waals surface area contributed by atoms with Gasteiger partial charge < -0.3 is 9.64 Å². The molecule has 1 saturated heterocycles. The van der Waals surface area contributed by atoms with Crippen LogP contribution in [0.2, 0.25) is 0 Å². The van der Waals surface area contributed by atoms with Gasteiger partial charge in [0.2, 0.25) is 5.78 Å². The van der Waals surface area contributed by atoms with Crippen molar-refractivity contribution in [3.8, 4) is 0 Å². The van der Waals surface area contributed by atoms with Crippen molar-refractivity contribution >= 4 is 17.7 Å². The average Bonchev–Trinajstić information content (AvgIpc) is 2.90. The molecule has 188 valence electrons. The molecule has 0 aliphatic carbocycles. The molecule has 5 nitrogen and oxygen atoms in total. The van der Waals surface area contributed by atoms with Crippen LogP contribution in [0, 0.1) is 5.41 Å². The van der Waals surface area contributed by atoms with Gasteiger partial charge in [-0.25, -0.2) is 4.79 Å². The van der Waals surface area contributed by atoms with Crippen LogP contribution in [0.1, 0.15) is 82.8 Å². The summed E-state index contributed by atoms with van der Waals surface area (Å²) in [6.45, 7) is 8.35. The minimum absolute atomic E-state index is 0.183. The molecule has 0 radical (unpaired) electrons. The molecule has 2 aromatic rings. The molecule has 1 aliphatic heterocycles. The van der Waals surface area contributed by atoms with E-state index in [1.165, 1.54) is 16.0 Å². The Balaban J connectivity index is 1.68. The van der Waals surface area contributed by atoms with Crippen molar-refractivity contribution in [2.75, 3.05) is 13.2 Å². The number of carbonyl (C=O) groups is 3. The van der Waals surface area contributed by atoms with Crippen LogP contribution in [-0.4, -0.2) is 41.8 Å². The summed E-state index contributed by atoms with van der Waals surface area (Å²) >= 11 is 0. The number of carbonyl (C=O) groups excluding carboxylic acids is 3. The van der Waals surface area contributed by atoms with Crippen molar-refractivity contribution in [3.05, 3.63) is 71.8 Å². The Morgan fingerprint density at radius 2 is 1.57 bits per heavy atom. The minimum atomic E-state index is -0.737. The fourth-order valence-corrected chi connectivity index (χ4v) is 4.78. The van der Waals surface area contributed by atoms with Gasteiger partial charge in [-0.2, -0.15) is 0 Å². The number of ether oxygens (including phenoxy) is 1. The second kappa shape index (κ2) is 12.1. The van der Waals surface area contributed by atoms with Crippen LogP contribution in [0.15, 0.2) is 60.7 Å². The number of amides is 1. The van der Waals surface area contributed by atoms with E-state index in [4.69, 9.17) is 4.74 Å². The summed E-state index contributed by atoms with van der Waals surface area (Å²) in [7, 11) is 0. The van der Waals surface area contributed by atoms with Crippen molar-refractivity contribution in [1.29, 1.82) is 0 Å². The van der Waals surface area contributed by atoms with E-state index in [0.717, 1.165) is 12.8 Å². The van der Waals surface area contributed by atoms with Gasteiger partial charge >= 0.3 is 5.97 Å². The Hall–Kier alpha value is -2.95. The van der Waals surface area contributed by atoms with E-state index < -0.39 is 29.1 Å². The van der Waals surface area contributed by atoms with E-state index in [-0.39, 0.29) is 18.4 Å². The summed E-state index contributed by atoms with van der Waals surface area (Å²) in [6.07, 6.45) is 3.41. The molecule has 0 spiro atoms. The first-order valence-electron chi connectivity index (χ1n) is 12.9. The lowest BCUT2D eigenvalue weighted by atomic mass is 9.81. The standard InChI is InChI=1S/C30H39NO4/c1-5-30(3,4)27(32)28(33)31-20-13-12-18-26(31)29(34)35-21-19-25(24-16-10-7-11-17-24)22(2)23-14-8-6-9-15-23/h6-11,14-17,22,25-26H,5,12-13,18-21H2,1-4H3. The van der Waals surface area contributed by atoms with Gasteiger partial charge in [0.25, 0.3) is 5.91 Å². The van der Waals surface area contributed by atoms with E-state index in [0.29, 0.717) is 25.8 Å². The second-order valence-electron chi connectivity index (χ2n) is 10.2. The van der Waals surface area contributed by atoms with Crippen molar-refractivity contribution in [1.82, 2.24) is 4.90 Å². The van der Waals surface area contributed by atoms with E-state index in [2.05, 4.69) is 31.2 Å². The number of likely N-dealkylation sites (tertiary alicyclic amines) is 1. The largest absolute Gasteiger partial charge is 0.464 e. The molecule has 1 heterocycles. The summed E-state index contributed by atoms with van der Waals surface area (Å²) in [5, 5.41) is 0. The van der Waals surface area contributed by atoms with Crippen LogP contribution in [0.3, 0.4) is 0 Å². The number of benzene rings is 2. The monoisotopic (exact) mass is 477 g/mol. The van der Waals surface area contributed by atoms with Gasteiger partial charge in [-0.05, 0) is 55.1 Å². The van der Waals surface area contributed by atoms with Gasteiger partial charge in [-0.1, -0.05) is 88.4 Å². The van der Waals surface area contributed by atoms with Crippen LogP contribution >= 0.6 is 0 Å². The fraction of sp³-hybridized carbons (Fsp3) is 0.500. The summed E-state index contributed by atoms with van der Waals surface area (Å²) in [4.78, 5) is 40.3. The highest BCUT2D eigenvalue weighted by molar-refractivity contribution is 6.38. The van der Waals surface area contributed by atoms with Gasteiger partial charge in [0.05, 0.1) is 6.61 Å². The van der Waals surface area contributed by atoms with Crippen molar-refractivity contribution in [2.24, 2.45) is 5.41 Å². The average molecular weight is 478 g/mol. The van der Waals surface area contributed by atoms with Gasteiger partial charge in [-0.3, -0.25) is 9.59 Å². The number of piperidine rings is 1. The summed E-state index contributed by atoms with van der Waals surface area (Å²) in [5.74, 6) is -0.959. The molecular formula is C30H39NO4. The molecule has 1 fully saturated rings. The lowest BCUT2D eigenvalue weighted by Gasteiger charge is -2.35. The third kappa shape index (κ3) is 6.59. The molecule has 0 bridgehead atoms. The molecule has 2 aromatic carbocycles. The predicted octanol–water partition coefficient (Wildman–Crippen LogP) is 5.89. The minimum Gasteiger partial charge on any atom is -0.464 e. The molecule has 0 aromatic heterocycles. The van der Waals surface area contributed by atoms with Gasteiger partial charge in [0, 0.05) is 12.0 Å². The van der Waals surface area contributed by atoms with E-state index >= 15 is 0 Å². The Labute approximate surface area is 209 Å². The second-order valence-corrected chi connectivity index (χ2v) is 10.2. The lowest BCUT2D eigenvalue weighted by Crippen LogP contribution is -2.53. The highest BCUT2D eigenvalue weighted by Gasteiger charge is 2.40. The van der Waals surface area contributed by atoms with Crippen LogP contribution in [0.4, 0.5) is 0 Å². The first kappa shape index (κ1) is 26.7. The zero-order valence-corrected chi connectivity index (χ0v) is 21.5. The number of Topliss-reactive ketones (excluding diaryl/α,β-unsaturated/α-hetero) is 1. The van der Waals surface area contributed by atoms with E-state index in [1.807, 2.05) is 43.3 Å². The molecular weight excluding hydrogens is 438 g/mol. The maximum atomic E-state index is 13.1. The van der Waals surface area contributed by atoms with Gasteiger partial charge in [0.1, 0.15) is 6.04 Å². The van der Waals surface area contributed by atoms with Gasteiger partial charge in [0.15, 0.2) is 0 Å². The van der Waals surface area contributed by atoms with Crippen molar-refractivity contribution in [2.45, 2.75) is 77.7 Å². The number of esters is 1. The summed E-state index contributed by atoms with van der Waals surface area (Å²) in [5.41, 5.74) is 1.72. The SMILES string of the molecule is CCC(C)(C)C(=O)C(=O)N1CCCCC1C(=O)OCCC(c1ccccc1)C(C)c1ccccc1. The number of hydrogen-bond acceptors (Lipinski definition) is 4. The first-order valence-corrected chi connectivity index (χ1v) is 12.9. The summed E-state index contributed by atoms with van der Waals surface area (Å²) < 4.78 is 5.75. The highest BCUT2D eigenvalue weighted by atomic mass is 16.5. The normalized spacial score (nSPS) is 17.9.